The van der Waals surface area contributed by atoms with Crippen LogP contribution < -0.4 is 5.32 Å². The molecule has 0 spiro atoms. The highest BCUT2D eigenvalue weighted by atomic mass is 19.4. The molecule has 0 aliphatic carbocycles. The maximum atomic E-state index is 12.5. The lowest BCUT2D eigenvalue weighted by atomic mass is 10.2. The normalized spacial score (nSPS) is 22.7. The van der Waals surface area contributed by atoms with E-state index in [4.69, 9.17) is 4.74 Å². The standard InChI is InChI=1S/C16H28F3N5O2/c1-3-20-14(21-13-5-6-22(11-13)12-16(17,18)19)23-7-9-24(10-8-23)15(25)26-4-2/h13H,3-12H2,1-2H3,(H,20,21). The van der Waals surface area contributed by atoms with E-state index in [2.05, 4.69) is 10.3 Å². The fourth-order valence-corrected chi connectivity index (χ4v) is 3.23. The molecule has 0 aromatic heterocycles. The molecule has 2 aliphatic rings. The van der Waals surface area contributed by atoms with Crippen LogP contribution in [0.3, 0.4) is 0 Å². The van der Waals surface area contributed by atoms with Crippen LogP contribution in [0.25, 0.3) is 0 Å². The van der Waals surface area contributed by atoms with Crippen molar-refractivity contribution >= 4 is 12.1 Å². The summed E-state index contributed by atoms with van der Waals surface area (Å²) in [5.41, 5.74) is 0. The number of aliphatic imine (C=N–C) groups is 1. The Labute approximate surface area is 152 Å². The summed E-state index contributed by atoms with van der Waals surface area (Å²) in [6.07, 6.45) is -3.83. The van der Waals surface area contributed by atoms with Gasteiger partial charge >= 0.3 is 12.3 Å². The highest BCUT2D eigenvalue weighted by Gasteiger charge is 2.35. The van der Waals surface area contributed by atoms with Gasteiger partial charge in [0.15, 0.2) is 5.96 Å². The third-order valence-electron chi connectivity index (χ3n) is 4.42. The summed E-state index contributed by atoms with van der Waals surface area (Å²) in [5.74, 6) is 0.704. The van der Waals surface area contributed by atoms with Gasteiger partial charge in [-0.15, -0.1) is 0 Å². The summed E-state index contributed by atoms with van der Waals surface area (Å²) in [6, 6.07) is -0.0502. The number of amides is 1. The van der Waals surface area contributed by atoms with Crippen LogP contribution in [0.4, 0.5) is 18.0 Å². The van der Waals surface area contributed by atoms with Crippen molar-refractivity contribution in [3.05, 3.63) is 0 Å². The molecular formula is C16H28F3N5O2. The van der Waals surface area contributed by atoms with Crippen LogP contribution in [-0.2, 0) is 4.74 Å². The Morgan fingerprint density at radius 3 is 2.38 bits per heavy atom. The van der Waals surface area contributed by atoms with Crippen molar-refractivity contribution < 1.29 is 22.7 Å². The van der Waals surface area contributed by atoms with Crippen molar-refractivity contribution in [1.29, 1.82) is 0 Å². The van der Waals surface area contributed by atoms with E-state index in [9.17, 15) is 18.0 Å². The number of ether oxygens (including phenoxy) is 1. The largest absolute Gasteiger partial charge is 0.450 e. The first-order valence-corrected chi connectivity index (χ1v) is 9.09. The van der Waals surface area contributed by atoms with Crippen molar-refractivity contribution in [2.75, 3.05) is 59.0 Å². The molecule has 1 atom stereocenters. The minimum atomic E-state index is -4.17. The van der Waals surface area contributed by atoms with Gasteiger partial charge in [-0.2, -0.15) is 13.2 Å². The number of likely N-dealkylation sites (tertiary alicyclic amines) is 1. The lowest BCUT2D eigenvalue weighted by Crippen LogP contribution is -2.55. The van der Waals surface area contributed by atoms with Crippen LogP contribution in [0.1, 0.15) is 20.3 Å². The average Bonchev–Trinajstić information content (AvgIpc) is 3.00. The smallest absolute Gasteiger partial charge is 0.409 e. The van der Waals surface area contributed by atoms with Gasteiger partial charge in [0, 0.05) is 51.9 Å². The van der Waals surface area contributed by atoms with Gasteiger partial charge in [0.05, 0.1) is 13.2 Å². The van der Waals surface area contributed by atoms with Crippen molar-refractivity contribution in [3.63, 3.8) is 0 Å². The third kappa shape index (κ3) is 6.22. The van der Waals surface area contributed by atoms with Gasteiger partial charge in [0.2, 0.25) is 0 Å². The summed E-state index contributed by atoms with van der Waals surface area (Å²) >= 11 is 0. The number of rotatable bonds is 4. The molecule has 10 heteroatoms. The number of hydrogen-bond acceptors (Lipinski definition) is 4. The van der Waals surface area contributed by atoms with Crippen LogP contribution >= 0.6 is 0 Å². The van der Waals surface area contributed by atoms with Gasteiger partial charge in [0.1, 0.15) is 0 Å². The van der Waals surface area contributed by atoms with Crippen LogP contribution in [0, 0.1) is 0 Å². The zero-order valence-corrected chi connectivity index (χ0v) is 15.4. The molecule has 2 saturated heterocycles. The van der Waals surface area contributed by atoms with Gasteiger partial charge in [-0.3, -0.25) is 9.89 Å². The number of halogens is 3. The van der Waals surface area contributed by atoms with E-state index in [-0.39, 0.29) is 12.1 Å². The van der Waals surface area contributed by atoms with Gasteiger partial charge < -0.3 is 19.9 Å². The van der Waals surface area contributed by atoms with Crippen LogP contribution in [0.2, 0.25) is 0 Å². The van der Waals surface area contributed by atoms with E-state index in [1.807, 2.05) is 11.8 Å². The molecular weight excluding hydrogens is 351 g/mol. The fraction of sp³-hybridized carbons (Fsp3) is 0.875. The Hall–Kier alpha value is -1.71. The molecule has 0 radical (unpaired) electrons. The molecule has 2 fully saturated rings. The van der Waals surface area contributed by atoms with E-state index >= 15 is 0 Å². The summed E-state index contributed by atoms with van der Waals surface area (Å²) < 4.78 is 42.6. The maximum Gasteiger partial charge on any atom is 0.409 e. The van der Waals surface area contributed by atoms with E-state index in [1.54, 1.807) is 11.8 Å². The molecule has 2 heterocycles. The quantitative estimate of drug-likeness (QED) is 0.591. The van der Waals surface area contributed by atoms with Crippen molar-refractivity contribution in [2.45, 2.75) is 32.5 Å². The Morgan fingerprint density at radius 1 is 1.15 bits per heavy atom. The highest BCUT2D eigenvalue weighted by Crippen LogP contribution is 2.20. The topological polar surface area (TPSA) is 60.4 Å². The van der Waals surface area contributed by atoms with Crippen molar-refractivity contribution in [1.82, 2.24) is 20.0 Å². The summed E-state index contributed by atoms with van der Waals surface area (Å²) in [5, 5.41) is 3.30. The molecule has 150 valence electrons. The summed E-state index contributed by atoms with van der Waals surface area (Å²) in [6.45, 7) is 6.82. The second-order valence-corrected chi connectivity index (χ2v) is 6.45. The average molecular weight is 379 g/mol. The van der Waals surface area contributed by atoms with E-state index in [1.165, 1.54) is 4.90 Å². The third-order valence-corrected chi connectivity index (χ3v) is 4.42. The van der Waals surface area contributed by atoms with Gasteiger partial charge in [-0.1, -0.05) is 0 Å². The molecule has 7 nitrogen and oxygen atoms in total. The lowest BCUT2D eigenvalue weighted by molar-refractivity contribution is -0.143. The number of hydrogen-bond donors (Lipinski definition) is 1. The molecule has 26 heavy (non-hydrogen) atoms. The SMILES string of the molecule is CCN=C(NC1CCN(CC(F)(F)F)C1)N1CCN(C(=O)OCC)CC1. The van der Waals surface area contributed by atoms with Gasteiger partial charge in [0.25, 0.3) is 0 Å². The number of carbonyl (C=O) groups excluding carboxylic acids is 1. The second kappa shape index (κ2) is 9.29. The maximum absolute atomic E-state index is 12.5. The molecule has 2 aliphatic heterocycles. The van der Waals surface area contributed by atoms with Crippen molar-refractivity contribution in [3.8, 4) is 0 Å². The van der Waals surface area contributed by atoms with Crippen LogP contribution in [0.5, 0.6) is 0 Å². The number of nitrogens with zero attached hydrogens (tertiary/aromatic N) is 4. The number of piperazine rings is 1. The van der Waals surface area contributed by atoms with Crippen LogP contribution in [-0.4, -0.2) is 97.9 Å². The first-order chi connectivity index (χ1) is 12.3. The van der Waals surface area contributed by atoms with Crippen LogP contribution in [0.15, 0.2) is 4.99 Å². The lowest BCUT2D eigenvalue weighted by Gasteiger charge is -2.36. The number of carbonyl (C=O) groups is 1. The van der Waals surface area contributed by atoms with Crippen molar-refractivity contribution in [2.24, 2.45) is 4.99 Å². The van der Waals surface area contributed by atoms with E-state index < -0.39 is 12.7 Å². The zero-order valence-electron chi connectivity index (χ0n) is 15.4. The molecule has 0 saturated carbocycles. The number of guanidine groups is 1. The predicted octanol–water partition coefficient (Wildman–Crippen LogP) is 1.36. The van der Waals surface area contributed by atoms with Gasteiger partial charge in [-0.05, 0) is 20.3 Å². The molecule has 0 aromatic rings. The summed E-state index contributed by atoms with van der Waals surface area (Å²) in [4.78, 5) is 21.4. The monoisotopic (exact) mass is 379 g/mol. The minimum Gasteiger partial charge on any atom is -0.450 e. The second-order valence-electron chi connectivity index (χ2n) is 6.45. The Kier molecular flexibility index (Phi) is 7.36. The molecule has 1 amide bonds. The first-order valence-electron chi connectivity index (χ1n) is 9.09. The summed E-state index contributed by atoms with van der Waals surface area (Å²) in [7, 11) is 0. The highest BCUT2D eigenvalue weighted by molar-refractivity contribution is 5.80. The number of nitrogens with one attached hydrogen (secondary N) is 1. The number of alkyl halides is 3. The fourth-order valence-electron chi connectivity index (χ4n) is 3.23. The van der Waals surface area contributed by atoms with E-state index in [0.717, 1.165) is 0 Å². The zero-order chi connectivity index (χ0) is 19.2. The molecule has 1 N–H and O–H groups in total. The molecule has 0 aromatic carbocycles. The molecule has 1 unspecified atom stereocenters. The molecule has 2 rings (SSSR count). The first kappa shape index (κ1) is 20.6. The minimum absolute atomic E-state index is 0.0502. The Morgan fingerprint density at radius 2 is 1.81 bits per heavy atom. The molecule has 0 bridgehead atoms. The Bertz CT molecular complexity index is 493. The van der Waals surface area contributed by atoms with E-state index in [0.29, 0.717) is 64.8 Å². The Balaban J connectivity index is 1.85. The predicted molar refractivity (Wildman–Crippen MR) is 92.2 cm³/mol. The van der Waals surface area contributed by atoms with Gasteiger partial charge in [-0.25, -0.2) is 4.79 Å².